The van der Waals surface area contributed by atoms with Crippen molar-refractivity contribution in [2.45, 2.75) is 44.2 Å². The summed E-state index contributed by atoms with van der Waals surface area (Å²) in [5.74, 6) is 2.12. The fraction of sp³-hybridized carbons (Fsp3) is 0.611. The zero-order valence-electron chi connectivity index (χ0n) is 15.1. The van der Waals surface area contributed by atoms with E-state index in [4.69, 9.17) is 10.2 Å². The molecule has 26 heavy (non-hydrogen) atoms. The van der Waals surface area contributed by atoms with Gasteiger partial charge in [-0.3, -0.25) is 4.90 Å². The van der Waals surface area contributed by atoms with Gasteiger partial charge in [-0.15, -0.1) is 10.2 Å². The van der Waals surface area contributed by atoms with Crippen LogP contribution in [0.25, 0.3) is 0 Å². The van der Waals surface area contributed by atoms with Gasteiger partial charge in [0.15, 0.2) is 5.96 Å². The zero-order valence-corrected chi connectivity index (χ0v) is 15.1. The fourth-order valence-electron chi connectivity index (χ4n) is 3.48. The maximum absolute atomic E-state index is 9.76. The SMILES string of the molecule is C=C/C=C\N=C(N)N1CCC(c2nnc(CN3CCCC(O)C3)o2)CC1. The third-order valence-electron chi connectivity index (χ3n) is 4.92. The van der Waals surface area contributed by atoms with Gasteiger partial charge in [-0.25, -0.2) is 4.99 Å². The number of β-amino-alcohol motifs (C(OH)–C–C–N with tert-alkyl or cyclic N) is 1. The van der Waals surface area contributed by atoms with Crippen LogP contribution in [0, 0.1) is 0 Å². The molecule has 2 saturated heterocycles. The molecule has 8 heteroatoms. The Morgan fingerprint density at radius 2 is 2.12 bits per heavy atom. The maximum atomic E-state index is 9.76. The van der Waals surface area contributed by atoms with Crippen LogP contribution in [0.1, 0.15) is 43.4 Å². The van der Waals surface area contributed by atoms with E-state index in [9.17, 15) is 5.11 Å². The second kappa shape index (κ2) is 8.95. The molecule has 2 aliphatic heterocycles. The van der Waals surface area contributed by atoms with Gasteiger partial charge in [0.2, 0.25) is 11.8 Å². The number of aliphatic hydroxyl groups is 1. The second-order valence-electron chi connectivity index (χ2n) is 6.89. The van der Waals surface area contributed by atoms with E-state index in [0.717, 1.165) is 45.3 Å². The van der Waals surface area contributed by atoms with Crippen LogP contribution in [0.3, 0.4) is 0 Å². The molecule has 1 atom stereocenters. The van der Waals surface area contributed by atoms with Crippen LogP contribution < -0.4 is 5.73 Å². The number of allylic oxidation sites excluding steroid dienone is 2. The van der Waals surface area contributed by atoms with Crippen molar-refractivity contribution in [1.82, 2.24) is 20.0 Å². The van der Waals surface area contributed by atoms with E-state index >= 15 is 0 Å². The number of aliphatic hydroxyl groups excluding tert-OH is 1. The van der Waals surface area contributed by atoms with Crippen LogP contribution in [0.2, 0.25) is 0 Å². The summed E-state index contributed by atoms with van der Waals surface area (Å²) in [7, 11) is 0. The minimum absolute atomic E-state index is 0.246. The molecule has 1 aromatic heterocycles. The highest BCUT2D eigenvalue weighted by atomic mass is 16.4. The van der Waals surface area contributed by atoms with Gasteiger partial charge in [-0.1, -0.05) is 12.7 Å². The highest BCUT2D eigenvalue weighted by Crippen LogP contribution is 2.27. The standard InChI is InChI=1S/C18H28N6O2/c1-2-3-8-20-18(19)24-10-6-14(7-11-24)17-22-21-16(26-17)13-23-9-4-5-15(25)12-23/h2-3,8,14-15,25H,1,4-7,9-13H2,(H2,19,20)/b8-3-. The number of rotatable bonds is 5. The van der Waals surface area contributed by atoms with Gasteiger partial charge < -0.3 is 20.2 Å². The molecule has 0 aromatic carbocycles. The number of likely N-dealkylation sites (tertiary alicyclic amines) is 2. The third-order valence-corrected chi connectivity index (χ3v) is 4.92. The number of nitrogens with two attached hydrogens (primary N) is 1. The number of aromatic nitrogens is 2. The number of nitrogens with zero attached hydrogens (tertiary/aromatic N) is 5. The Morgan fingerprint density at radius 1 is 1.31 bits per heavy atom. The lowest BCUT2D eigenvalue weighted by Gasteiger charge is -2.31. The lowest BCUT2D eigenvalue weighted by Crippen LogP contribution is -2.42. The number of hydrogen-bond donors (Lipinski definition) is 2. The highest BCUT2D eigenvalue weighted by Gasteiger charge is 2.26. The minimum Gasteiger partial charge on any atom is -0.424 e. The Kier molecular flexibility index (Phi) is 6.40. The number of guanidine groups is 1. The second-order valence-corrected chi connectivity index (χ2v) is 6.89. The smallest absolute Gasteiger partial charge is 0.230 e. The molecule has 0 amide bonds. The molecule has 0 radical (unpaired) electrons. The van der Waals surface area contributed by atoms with Crippen LogP contribution in [0.15, 0.2) is 34.3 Å². The fourth-order valence-corrected chi connectivity index (χ4v) is 3.48. The molecule has 8 nitrogen and oxygen atoms in total. The summed E-state index contributed by atoms with van der Waals surface area (Å²) in [4.78, 5) is 8.44. The Hall–Kier alpha value is -2.19. The first-order valence-electron chi connectivity index (χ1n) is 9.24. The first kappa shape index (κ1) is 18.6. The van der Waals surface area contributed by atoms with Crippen LogP contribution in [-0.4, -0.2) is 63.3 Å². The average molecular weight is 360 g/mol. The molecule has 1 aromatic rings. The van der Waals surface area contributed by atoms with E-state index in [1.807, 2.05) is 0 Å². The Morgan fingerprint density at radius 3 is 2.85 bits per heavy atom. The number of piperidine rings is 2. The number of hydrogen-bond acceptors (Lipinski definition) is 6. The summed E-state index contributed by atoms with van der Waals surface area (Å²) in [6.07, 6.45) is 8.52. The summed E-state index contributed by atoms with van der Waals surface area (Å²) >= 11 is 0. The summed E-state index contributed by atoms with van der Waals surface area (Å²) in [6.45, 7) is 7.49. The van der Waals surface area contributed by atoms with Gasteiger partial charge in [0.25, 0.3) is 0 Å². The Balaban J connectivity index is 1.50. The summed E-state index contributed by atoms with van der Waals surface area (Å²) in [6, 6.07) is 0. The normalized spacial score (nSPS) is 23.7. The molecule has 3 rings (SSSR count). The van der Waals surface area contributed by atoms with E-state index in [-0.39, 0.29) is 12.0 Å². The van der Waals surface area contributed by atoms with Crippen molar-refractivity contribution in [1.29, 1.82) is 0 Å². The molecule has 0 spiro atoms. The minimum atomic E-state index is -0.246. The van der Waals surface area contributed by atoms with Crippen LogP contribution in [0.4, 0.5) is 0 Å². The predicted molar refractivity (Wildman–Crippen MR) is 99.3 cm³/mol. The largest absolute Gasteiger partial charge is 0.424 e. The van der Waals surface area contributed by atoms with Crippen LogP contribution in [-0.2, 0) is 6.54 Å². The summed E-state index contributed by atoms with van der Waals surface area (Å²) in [5, 5.41) is 18.2. The molecule has 1 unspecified atom stereocenters. The molecule has 0 bridgehead atoms. The van der Waals surface area contributed by atoms with Crippen molar-refractivity contribution < 1.29 is 9.52 Å². The summed E-state index contributed by atoms with van der Waals surface area (Å²) in [5.41, 5.74) is 6.01. The third kappa shape index (κ3) is 4.92. The van der Waals surface area contributed by atoms with Gasteiger partial charge in [-0.05, 0) is 38.3 Å². The van der Waals surface area contributed by atoms with E-state index in [0.29, 0.717) is 30.8 Å². The van der Waals surface area contributed by atoms with Gasteiger partial charge >= 0.3 is 0 Å². The first-order valence-corrected chi connectivity index (χ1v) is 9.24. The lowest BCUT2D eigenvalue weighted by molar-refractivity contribution is 0.0620. The predicted octanol–water partition coefficient (Wildman–Crippen LogP) is 1.22. The van der Waals surface area contributed by atoms with Gasteiger partial charge in [-0.2, -0.15) is 0 Å². The van der Waals surface area contributed by atoms with E-state index in [1.165, 1.54) is 0 Å². The molecule has 3 N–H and O–H groups in total. The van der Waals surface area contributed by atoms with Crippen molar-refractivity contribution >= 4 is 5.96 Å². The quantitative estimate of drug-likeness (QED) is 0.462. The van der Waals surface area contributed by atoms with Crippen molar-refractivity contribution in [3.05, 3.63) is 36.7 Å². The first-order chi connectivity index (χ1) is 12.7. The Labute approximate surface area is 154 Å². The molecular weight excluding hydrogens is 332 g/mol. The average Bonchev–Trinajstić information content (AvgIpc) is 3.10. The van der Waals surface area contributed by atoms with Crippen molar-refractivity contribution in [2.75, 3.05) is 26.2 Å². The summed E-state index contributed by atoms with van der Waals surface area (Å²) < 4.78 is 5.89. The van der Waals surface area contributed by atoms with E-state index in [2.05, 4.69) is 31.6 Å². The van der Waals surface area contributed by atoms with Crippen molar-refractivity contribution in [3.8, 4) is 0 Å². The number of aliphatic imine (C=N–C) groups is 1. The molecular formula is C18H28N6O2. The molecule has 0 aliphatic carbocycles. The lowest BCUT2D eigenvalue weighted by atomic mass is 9.97. The maximum Gasteiger partial charge on any atom is 0.230 e. The van der Waals surface area contributed by atoms with E-state index in [1.54, 1.807) is 18.4 Å². The van der Waals surface area contributed by atoms with Gasteiger partial charge in [0.1, 0.15) is 0 Å². The highest BCUT2D eigenvalue weighted by molar-refractivity contribution is 5.78. The van der Waals surface area contributed by atoms with Gasteiger partial charge in [0.05, 0.1) is 12.6 Å². The van der Waals surface area contributed by atoms with Crippen molar-refractivity contribution in [2.24, 2.45) is 10.7 Å². The monoisotopic (exact) mass is 360 g/mol. The molecule has 2 fully saturated rings. The molecule has 0 saturated carbocycles. The van der Waals surface area contributed by atoms with Crippen molar-refractivity contribution in [3.63, 3.8) is 0 Å². The Bertz CT molecular complexity index is 648. The molecule has 3 heterocycles. The zero-order chi connectivity index (χ0) is 18.4. The molecule has 2 aliphatic rings. The topological polar surface area (TPSA) is 104 Å². The van der Waals surface area contributed by atoms with Crippen LogP contribution >= 0.6 is 0 Å². The van der Waals surface area contributed by atoms with Gasteiger partial charge in [0, 0.05) is 31.8 Å². The molecule has 142 valence electrons. The van der Waals surface area contributed by atoms with E-state index < -0.39 is 0 Å². The van der Waals surface area contributed by atoms with Crippen LogP contribution in [0.5, 0.6) is 0 Å².